The van der Waals surface area contributed by atoms with Gasteiger partial charge < -0.3 is 14.5 Å². The molecule has 0 aromatic heterocycles. The quantitative estimate of drug-likeness (QED) is 0.646. The van der Waals surface area contributed by atoms with Gasteiger partial charge in [-0.15, -0.1) is 0 Å². The summed E-state index contributed by atoms with van der Waals surface area (Å²) in [6, 6.07) is 13.2. The average molecular weight is 494 g/mol. The molecule has 0 unspecified atom stereocenters. The molecule has 1 saturated heterocycles. The molecule has 7 heteroatoms. The maximum atomic E-state index is 13.2. The van der Waals surface area contributed by atoms with Crippen molar-refractivity contribution in [3.8, 4) is 11.8 Å². The molecule has 164 valence electrons. The molecule has 1 aliphatic carbocycles. The fourth-order valence-corrected chi connectivity index (χ4v) is 5.74. The maximum absolute atomic E-state index is 13.2. The highest BCUT2D eigenvalue weighted by atomic mass is 79.9. The Morgan fingerprint density at radius 1 is 1.09 bits per heavy atom. The minimum absolute atomic E-state index is 0.0266. The van der Waals surface area contributed by atoms with Crippen LogP contribution in [0.1, 0.15) is 47.9 Å². The van der Waals surface area contributed by atoms with Crippen molar-refractivity contribution in [2.45, 2.75) is 57.3 Å². The predicted octanol–water partition coefficient (Wildman–Crippen LogP) is 3.94. The molecule has 1 atom stereocenters. The number of hydrogen-bond acceptors (Lipinski definition) is 4. The Balaban J connectivity index is 1.35. The van der Waals surface area contributed by atoms with Crippen LogP contribution in [0.4, 0.5) is 0 Å². The second kappa shape index (κ2) is 8.59. The highest BCUT2D eigenvalue weighted by molar-refractivity contribution is 9.10. The monoisotopic (exact) mass is 493 g/mol. The van der Waals surface area contributed by atoms with Gasteiger partial charge in [-0.1, -0.05) is 31.0 Å². The molecule has 0 radical (unpaired) electrons. The Morgan fingerprint density at radius 2 is 1.91 bits per heavy atom. The van der Waals surface area contributed by atoms with Crippen LogP contribution in [0.15, 0.2) is 40.9 Å². The number of fused-ring (bicyclic) bond motifs is 2. The Bertz CT molecular complexity index is 1120. The van der Waals surface area contributed by atoms with Crippen molar-refractivity contribution in [1.29, 1.82) is 5.26 Å². The second-order valence-electron chi connectivity index (χ2n) is 8.76. The topological polar surface area (TPSA) is 73.6 Å². The summed E-state index contributed by atoms with van der Waals surface area (Å²) in [5.74, 6) is 0.808. The highest BCUT2D eigenvalue weighted by Crippen LogP contribution is 2.38. The van der Waals surface area contributed by atoms with E-state index in [9.17, 15) is 9.59 Å². The van der Waals surface area contributed by atoms with Gasteiger partial charge in [0, 0.05) is 19.0 Å². The number of carbonyl (C=O) groups excluding carboxylic acids is 2. The van der Waals surface area contributed by atoms with Gasteiger partial charge in [0.05, 0.1) is 16.1 Å². The lowest BCUT2D eigenvalue weighted by Crippen LogP contribution is -2.63. The summed E-state index contributed by atoms with van der Waals surface area (Å²) >= 11 is 3.68. The van der Waals surface area contributed by atoms with Crippen LogP contribution in [0.2, 0.25) is 0 Å². The molecular formula is C25H24BrN3O3. The van der Waals surface area contributed by atoms with Gasteiger partial charge >= 0.3 is 0 Å². The van der Waals surface area contributed by atoms with Crippen LogP contribution in [0, 0.1) is 11.3 Å². The highest BCUT2D eigenvalue weighted by Gasteiger charge is 2.44. The summed E-state index contributed by atoms with van der Waals surface area (Å²) in [7, 11) is 0. The molecule has 3 aliphatic rings. The minimum Gasteiger partial charge on any atom is -0.488 e. The molecule has 1 saturated carbocycles. The van der Waals surface area contributed by atoms with Crippen LogP contribution in [0.5, 0.6) is 5.75 Å². The first-order valence-corrected chi connectivity index (χ1v) is 11.9. The van der Waals surface area contributed by atoms with E-state index in [1.54, 1.807) is 11.0 Å². The maximum Gasteiger partial charge on any atom is 0.246 e. The molecular weight excluding hydrogens is 470 g/mol. The van der Waals surface area contributed by atoms with Crippen molar-refractivity contribution in [1.82, 2.24) is 9.80 Å². The van der Waals surface area contributed by atoms with Crippen molar-refractivity contribution in [2.75, 3.05) is 6.54 Å². The largest absolute Gasteiger partial charge is 0.488 e. The second-order valence-corrected chi connectivity index (χ2v) is 9.56. The van der Waals surface area contributed by atoms with Crippen molar-refractivity contribution in [3.05, 3.63) is 63.1 Å². The van der Waals surface area contributed by atoms with Gasteiger partial charge in [0.1, 0.15) is 24.9 Å². The van der Waals surface area contributed by atoms with Crippen LogP contribution >= 0.6 is 15.9 Å². The molecule has 0 bridgehead atoms. The molecule has 32 heavy (non-hydrogen) atoms. The number of hydrogen-bond donors (Lipinski definition) is 0. The average Bonchev–Trinajstić information content (AvgIpc) is 3.35. The molecule has 2 fully saturated rings. The van der Waals surface area contributed by atoms with Gasteiger partial charge in [0.2, 0.25) is 11.8 Å². The zero-order valence-corrected chi connectivity index (χ0v) is 19.3. The van der Waals surface area contributed by atoms with Crippen LogP contribution < -0.4 is 4.74 Å². The number of ether oxygens (including phenoxy) is 1. The lowest BCUT2D eigenvalue weighted by atomic mass is 9.91. The normalized spacial score (nSPS) is 20.7. The lowest BCUT2D eigenvalue weighted by Gasteiger charge is -2.45. The number of nitrogens with zero attached hydrogens (tertiary/aromatic N) is 3. The van der Waals surface area contributed by atoms with E-state index in [1.165, 1.54) is 0 Å². The van der Waals surface area contributed by atoms with Gasteiger partial charge in [-0.3, -0.25) is 9.59 Å². The molecule has 2 aliphatic heterocycles. The standard InChI is InChI=1S/C25H24BrN3O3/c26-24-20-13-29-21(25(31)28(14-23(29)30)19-6-1-2-7-19)11-18(20)8-9-22(24)32-15-17-5-3-4-16(10-17)12-27/h3-5,8-10,19,21H,1-2,6-7,11,13-15H2/t21-/m1/s1. The smallest absolute Gasteiger partial charge is 0.246 e. The van der Waals surface area contributed by atoms with Gasteiger partial charge in [-0.2, -0.15) is 5.26 Å². The molecule has 6 nitrogen and oxygen atoms in total. The van der Waals surface area contributed by atoms with E-state index in [-0.39, 0.29) is 24.4 Å². The number of halogens is 1. The van der Waals surface area contributed by atoms with E-state index in [0.717, 1.165) is 46.8 Å². The van der Waals surface area contributed by atoms with Gasteiger partial charge in [0.25, 0.3) is 0 Å². The number of benzene rings is 2. The summed E-state index contributed by atoms with van der Waals surface area (Å²) in [5.41, 5.74) is 3.59. The van der Waals surface area contributed by atoms with Gasteiger partial charge in [-0.25, -0.2) is 0 Å². The van der Waals surface area contributed by atoms with E-state index in [0.29, 0.717) is 30.9 Å². The van der Waals surface area contributed by atoms with E-state index in [2.05, 4.69) is 22.0 Å². The Morgan fingerprint density at radius 3 is 2.69 bits per heavy atom. The fraction of sp³-hybridized carbons (Fsp3) is 0.400. The van der Waals surface area contributed by atoms with E-state index in [1.807, 2.05) is 35.2 Å². The third-order valence-corrected chi connectivity index (χ3v) is 7.70. The van der Waals surface area contributed by atoms with Gasteiger partial charge in [-0.05, 0) is 63.7 Å². The molecule has 0 N–H and O–H groups in total. The lowest BCUT2D eigenvalue weighted by molar-refractivity contribution is -0.159. The first-order valence-electron chi connectivity index (χ1n) is 11.1. The van der Waals surface area contributed by atoms with Crippen LogP contribution in [-0.2, 0) is 29.2 Å². The first kappa shape index (κ1) is 21.0. The molecule has 0 spiro atoms. The van der Waals surface area contributed by atoms with Crippen molar-refractivity contribution in [2.24, 2.45) is 0 Å². The van der Waals surface area contributed by atoms with Crippen LogP contribution in [-0.4, -0.2) is 40.2 Å². The van der Waals surface area contributed by atoms with Gasteiger partial charge in [0.15, 0.2) is 0 Å². The fourth-order valence-electron chi connectivity index (χ4n) is 5.12. The molecule has 2 aromatic rings. The van der Waals surface area contributed by atoms with Crippen LogP contribution in [0.25, 0.3) is 0 Å². The molecule has 2 amide bonds. The third-order valence-electron chi connectivity index (χ3n) is 6.83. The molecule has 5 rings (SSSR count). The van der Waals surface area contributed by atoms with Crippen molar-refractivity contribution >= 4 is 27.7 Å². The summed E-state index contributed by atoms with van der Waals surface area (Å²) in [6.07, 6.45) is 4.82. The van der Waals surface area contributed by atoms with Crippen molar-refractivity contribution in [3.63, 3.8) is 0 Å². The number of carbonyl (C=O) groups is 2. The van der Waals surface area contributed by atoms with E-state index >= 15 is 0 Å². The number of nitriles is 1. The van der Waals surface area contributed by atoms with Crippen molar-refractivity contribution < 1.29 is 14.3 Å². The summed E-state index contributed by atoms with van der Waals surface area (Å²) in [4.78, 5) is 29.8. The number of amides is 2. The third kappa shape index (κ3) is 3.77. The van der Waals surface area contributed by atoms with Crippen LogP contribution in [0.3, 0.4) is 0 Å². The number of piperazine rings is 1. The summed E-state index contributed by atoms with van der Waals surface area (Å²) < 4.78 is 6.84. The zero-order valence-electron chi connectivity index (χ0n) is 17.7. The SMILES string of the molecule is N#Cc1cccc(COc2ccc3c(c2Br)CN2C(=O)CN(C4CCCC4)C(=O)[C@H]2C3)c1. The number of rotatable bonds is 4. The Kier molecular flexibility index (Phi) is 5.64. The molecule has 2 heterocycles. The molecule has 2 aromatic carbocycles. The zero-order chi connectivity index (χ0) is 22.2. The Labute approximate surface area is 195 Å². The van der Waals surface area contributed by atoms with E-state index < -0.39 is 6.04 Å². The predicted molar refractivity (Wildman–Crippen MR) is 122 cm³/mol. The minimum atomic E-state index is -0.406. The summed E-state index contributed by atoms with van der Waals surface area (Å²) in [6.45, 7) is 0.941. The summed E-state index contributed by atoms with van der Waals surface area (Å²) in [5, 5.41) is 9.08. The first-order chi connectivity index (χ1) is 15.5. The van der Waals surface area contributed by atoms with E-state index in [4.69, 9.17) is 10.00 Å². The Hall–Kier alpha value is -2.85.